The van der Waals surface area contributed by atoms with E-state index in [1.807, 2.05) is 6.07 Å². The van der Waals surface area contributed by atoms with E-state index in [9.17, 15) is 9.18 Å². The molecule has 1 aromatic heterocycles. The minimum absolute atomic E-state index is 0.177. The van der Waals surface area contributed by atoms with Crippen molar-refractivity contribution >= 4 is 11.8 Å². The van der Waals surface area contributed by atoms with Crippen LogP contribution in [0.15, 0.2) is 36.7 Å². The van der Waals surface area contributed by atoms with Gasteiger partial charge in [0.25, 0.3) is 0 Å². The second kappa shape index (κ2) is 5.50. The highest BCUT2D eigenvalue weighted by Gasteiger charge is 2.32. The minimum atomic E-state index is -0.612. The molecule has 112 valence electrons. The van der Waals surface area contributed by atoms with Crippen molar-refractivity contribution in [2.75, 3.05) is 18.1 Å². The Labute approximate surface area is 125 Å². The number of amides is 1. The van der Waals surface area contributed by atoms with E-state index in [4.69, 9.17) is 15.1 Å². The van der Waals surface area contributed by atoms with E-state index < -0.39 is 18.0 Å². The number of hydrogen-bond donors (Lipinski definition) is 1. The van der Waals surface area contributed by atoms with Crippen LogP contribution in [0.2, 0.25) is 0 Å². The third-order valence-electron chi connectivity index (χ3n) is 3.42. The molecule has 1 saturated heterocycles. The van der Waals surface area contributed by atoms with Gasteiger partial charge in [0, 0.05) is 12.4 Å². The Balaban J connectivity index is 1.90. The number of rotatable bonds is 3. The number of hydrogen-bond acceptors (Lipinski definition) is 4. The summed E-state index contributed by atoms with van der Waals surface area (Å²) in [4.78, 5) is 12.9. The number of halogens is 1. The van der Waals surface area contributed by atoms with Gasteiger partial charge in [0.15, 0.2) is 0 Å². The molecule has 22 heavy (non-hydrogen) atoms. The smallest absolute Gasteiger partial charge is 0.414 e. The summed E-state index contributed by atoms with van der Waals surface area (Å²) >= 11 is 0. The summed E-state index contributed by atoms with van der Waals surface area (Å²) in [5, 5.41) is 17.8. The maximum atomic E-state index is 14.3. The molecule has 6 nitrogen and oxygen atoms in total. The lowest BCUT2D eigenvalue weighted by molar-refractivity contribution is 0.0963. The molecule has 1 aromatic carbocycles. The summed E-state index contributed by atoms with van der Waals surface area (Å²) in [5.74, 6) is -0.530. The summed E-state index contributed by atoms with van der Waals surface area (Å²) in [7, 11) is 0. The fourth-order valence-corrected chi connectivity index (χ4v) is 2.31. The monoisotopic (exact) mass is 301 g/mol. The summed E-state index contributed by atoms with van der Waals surface area (Å²) in [6.45, 7) is -0.0979. The highest BCUT2D eigenvalue weighted by molar-refractivity contribution is 5.89. The van der Waals surface area contributed by atoms with Crippen molar-refractivity contribution in [1.29, 1.82) is 5.26 Å². The maximum Gasteiger partial charge on any atom is 0.414 e. The molecule has 0 saturated carbocycles. The summed E-state index contributed by atoms with van der Waals surface area (Å²) in [6, 6.07) is 7.89. The Kier molecular flexibility index (Phi) is 3.53. The lowest BCUT2D eigenvalue weighted by Gasteiger charge is -2.14. The van der Waals surface area contributed by atoms with Crippen molar-refractivity contribution < 1.29 is 19.0 Å². The summed E-state index contributed by atoms with van der Waals surface area (Å²) < 4.78 is 20.7. The number of aliphatic hydroxyl groups is 1. The Hall–Kier alpha value is -2.85. The molecule has 0 unspecified atom stereocenters. The number of anilines is 1. The lowest BCUT2D eigenvalue weighted by Crippen LogP contribution is -2.25. The third kappa shape index (κ3) is 2.40. The van der Waals surface area contributed by atoms with Gasteiger partial charge in [-0.3, -0.25) is 4.90 Å². The van der Waals surface area contributed by atoms with E-state index in [1.165, 1.54) is 27.8 Å². The Morgan fingerprint density at radius 1 is 1.45 bits per heavy atom. The molecule has 1 amide bonds. The van der Waals surface area contributed by atoms with Crippen LogP contribution in [0.4, 0.5) is 14.9 Å². The molecule has 0 aliphatic carbocycles. The van der Waals surface area contributed by atoms with E-state index in [2.05, 4.69) is 0 Å². The molecular weight excluding hydrogens is 289 g/mol. The lowest BCUT2D eigenvalue weighted by atomic mass is 10.2. The number of aliphatic hydroxyl groups excluding tert-OH is 1. The number of cyclic esters (lactones) is 1. The van der Waals surface area contributed by atoms with Gasteiger partial charge in [-0.2, -0.15) is 5.26 Å². The molecule has 7 heteroatoms. The van der Waals surface area contributed by atoms with Crippen LogP contribution in [0.5, 0.6) is 0 Å². The van der Waals surface area contributed by atoms with Crippen molar-refractivity contribution in [3.8, 4) is 11.8 Å². The van der Waals surface area contributed by atoms with Crippen LogP contribution < -0.4 is 4.90 Å². The topological polar surface area (TPSA) is 78.5 Å². The molecule has 1 N–H and O–H groups in total. The van der Waals surface area contributed by atoms with Crippen LogP contribution in [0, 0.1) is 17.1 Å². The van der Waals surface area contributed by atoms with Crippen molar-refractivity contribution in [3.05, 3.63) is 48.0 Å². The molecule has 3 rings (SSSR count). The molecule has 1 fully saturated rings. The molecular formula is C15H12FN3O3. The zero-order valence-electron chi connectivity index (χ0n) is 11.4. The van der Waals surface area contributed by atoms with Gasteiger partial charge in [0.2, 0.25) is 0 Å². The number of nitriles is 1. The van der Waals surface area contributed by atoms with E-state index in [0.717, 1.165) is 0 Å². The fraction of sp³-hybridized carbons (Fsp3) is 0.200. The number of carbonyl (C=O) groups excluding carboxylic acids is 1. The first-order valence-electron chi connectivity index (χ1n) is 6.59. The first-order valence-corrected chi connectivity index (χ1v) is 6.59. The van der Waals surface area contributed by atoms with Crippen LogP contribution in [0.25, 0.3) is 5.69 Å². The predicted molar refractivity (Wildman–Crippen MR) is 75.1 cm³/mol. The zero-order valence-corrected chi connectivity index (χ0v) is 11.4. The van der Waals surface area contributed by atoms with Crippen molar-refractivity contribution in [2.24, 2.45) is 0 Å². The minimum Gasteiger partial charge on any atom is -0.441 e. The Morgan fingerprint density at radius 2 is 2.27 bits per heavy atom. The van der Waals surface area contributed by atoms with E-state index in [-0.39, 0.29) is 18.8 Å². The molecule has 1 aliphatic heterocycles. The first kappa shape index (κ1) is 14.1. The van der Waals surface area contributed by atoms with Crippen molar-refractivity contribution in [2.45, 2.75) is 6.10 Å². The van der Waals surface area contributed by atoms with Gasteiger partial charge in [-0.15, -0.1) is 0 Å². The molecule has 2 aromatic rings. The van der Waals surface area contributed by atoms with Crippen LogP contribution >= 0.6 is 0 Å². The largest absolute Gasteiger partial charge is 0.441 e. The van der Waals surface area contributed by atoms with Crippen molar-refractivity contribution in [3.63, 3.8) is 0 Å². The highest BCUT2D eigenvalue weighted by atomic mass is 19.1. The van der Waals surface area contributed by atoms with Gasteiger partial charge >= 0.3 is 6.09 Å². The SMILES string of the molecule is N#Cc1ccn(-c2ccc(N3C[C@@H](CO)OC3=O)cc2F)c1. The van der Waals surface area contributed by atoms with Crippen LogP contribution in [0.3, 0.4) is 0 Å². The molecule has 0 spiro atoms. The number of aromatic nitrogens is 1. The van der Waals surface area contributed by atoms with Crippen LogP contribution in [0.1, 0.15) is 5.56 Å². The van der Waals surface area contributed by atoms with E-state index in [1.54, 1.807) is 18.3 Å². The summed E-state index contributed by atoms with van der Waals surface area (Å²) in [6.07, 6.45) is 1.89. The van der Waals surface area contributed by atoms with Crippen molar-refractivity contribution in [1.82, 2.24) is 4.57 Å². The van der Waals surface area contributed by atoms with Crippen LogP contribution in [-0.2, 0) is 4.74 Å². The number of carbonyl (C=O) groups is 1. The van der Waals surface area contributed by atoms with Gasteiger partial charge in [0.05, 0.1) is 30.1 Å². The van der Waals surface area contributed by atoms with Gasteiger partial charge in [-0.05, 0) is 24.3 Å². The van der Waals surface area contributed by atoms with Gasteiger partial charge in [0.1, 0.15) is 18.0 Å². The second-order valence-corrected chi connectivity index (χ2v) is 4.85. The molecule has 0 bridgehead atoms. The standard InChI is InChI=1S/C15H12FN3O3/c16-13-5-11(19-8-12(9-20)22-15(19)21)1-2-14(13)18-4-3-10(6-17)7-18/h1-5,7,12,20H,8-9H2/t12-/m0/s1. The number of ether oxygens (including phenoxy) is 1. The predicted octanol–water partition coefficient (Wildman–Crippen LogP) is 1.81. The second-order valence-electron chi connectivity index (χ2n) is 4.85. The highest BCUT2D eigenvalue weighted by Crippen LogP contribution is 2.25. The normalized spacial score (nSPS) is 17.4. The fourth-order valence-electron chi connectivity index (χ4n) is 2.31. The molecule has 1 atom stereocenters. The average molecular weight is 301 g/mol. The van der Waals surface area contributed by atoms with Crippen LogP contribution in [-0.4, -0.2) is 35.0 Å². The Bertz CT molecular complexity index is 766. The zero-order chi connectivity index (χ0) is 15.7. The van der Waals surface area contributed by atoms with Gasteiger partial charge in [-0.1, -0.05) is 0 Å². The summed E-state index contributed by atoms with van der Waals surface area (Å²) in [5.41, 5.74) is 1.06. The van der Waals surface area contributed by atoms with Gasteiger partial charge in [-0.25, -0.2) is 9.18 Å². The Morgan fingerprint density at radius 3 is 2.86 bits per heavy atom. The first-order chi connectivity index (χ1) is 10.6. The number of benzene rings is 1. The maximum absolute atomic E-state index is 14.3. The van der Waals surface area contributed by atoms with Gasteiger partial charge < -0.3 is 14.4 Å². The molecule has 2 heterocycles. The van der Waals surface area contributed by atoms with E-state index >= 15 is 0 Å². The third-order valence-corrected chi connectivity index (χ3v) is 3.42. The quantitative estimate of drug-likeness (QED) is 0.937. The molecule has 0 radical (unpaired) electrons. The average Bonchev–Trinajstić information content (AvgIpc) is 3.13. The molecule has 1 aliphatic rings. The number of nitrogens with zero attached hydrogens (tertiary/aromatic N) is 3. The van der Waals surface area contributed by atoms with E-state index in [0.29, 0.717) is 11.3 Å².